The first-order valence-corrected chi connectivity index (χ1v) is 13.6. The Bertz CT molecular complexity index is 1040. The number of thiophene rings is 1. The number of carbonyl (C=O) groups excluding carboxylic acids is 3. The Hall–Kier alpha value is -2.32. The van der Waals surface area contributed by atoms with E-state index in [0.29, 0.717) is 29.3 Å². The van der Waals surface area contributed by atoms with Crippen LogP contribution < -0.4 is 10.6 Å². The highest BCUT2D eigenvalue weighted by Gasteiger charge is 2.26. The van der Waals surface area contributed by atoms with E-state index in [9.17, 15) is 14.4 Å². The van der Waals surface area contributed by atoms with Gasteiger partial charge in [-0.2, -0.15) is 0 Å². The van der Waals surface area contributed by atoms with Crippen LogP contribution in [-0.2, 0) is 27.2 Å². The van der Waals surface area contributed by atoms with Crippen molar-refractivity contribution in [1.82, 2.24) is 0 Å². The lowest BCUT2D eigenvalue weighted by atomic mass is 9.92. The van der Waals surface area contributed by atoms with Crippen molar-refractivity contribution in [2.45, 2.75) is 71.1 Å². The first-order chi connectivity index (χ1) is 16.2. The monoisotopic (exact) mass is 502 g/mol. The van der Waals surface area contributed by atoms with Crippen LogP contribution in [0.5, 0.6) is 0 Å². The van der Waals surface area contributed by atoms with E-state index < -0.39 is 0 Å². The molecule has 2 amide bonds. The molecule has 0 fully saturated rings. The third-order valence-electron chi connectivity index (χ3n) is 5.33. The van der Waals surface area contributed by atoms with Gasteiger partial charge in [-0.15, -0.1) is 23.1 Å². The summed E-state index contributed by atoms with van der Waals surface area (Å²) >= 11 is 2.89. The summed E-state index contributed by atoms with van der Waals surface area (Å²) in [6.07, 6.45) is 5.50. The van der Waals surface area contributed by atoms with E-state index in [0.717, 1.165) is 42.6 Å². The van der Waals surface area contributed by atoms with E-state index in [1.165, 1.54) is 28.0 Å². The van der Waals surface area contributed by atoms with Gasteiger partial charge in [0.05, 0.1) is 17.9 Å². The smallest absolute Gasteiger partial charge is 0.341 e. The van der Waals surface area contributed by atoms with Crippen molar-refractivity contribution in [2.75, 3.05) is 23.0 Å². The number of ether oxygens (including phenoxy) is 1. The van der Waals surface area contributed by atoms with E-state index in [-0.39, 0.29) is 29.0 Å². The van der Waals surface area contributed by atoms with E-state index in [1.54, 1.807) is 6.92 Å². The summed E-state index contributed by atoms with van der Waals surface area (Å²) < 4.78 is 5.30. The topological polar surface area (TPSA) is 84.5 Å². The van der Waals surface area contributed by atoms with Gasteiger partial charge in [0, 0.05) is 21.9 Å². The standard InChI is InChI=1S/C26H34N2O4S2/c1-5-32-25(31)23-19-12-7-6-8-13-20(19)34-24(23)28-22(30)16-33-18-11-9-10-17(14-18)27-21(29)15-26(2,3)4/h9-11,14H,5-8,12-13,15-16H2,1-4H3,(H,27,29)(H,28,30). The third kappa shape index (κ3) is 7.60. The van der Waals surface area contributed by atoms with Crippen molar-refractivity contribution in [1.29, 1.82) is 0 Å². The lowest BCUT2D eigenvalue weighted by molar-refractivity contribution is -0.118. The van der Waals surface area contributed by atoms with Crippen molar-refractivity contribution < 1.29 is 19.1 Å². The van der Waals surface area contributed by atoms with E-state index in [1.807, 2.05) is 45.0 Å². The van der Waals surface area contributed by atoms with E-state index >= 15 is 0 Å². The number of aryl methyl sites for hydroxylation is 1. The number of esters is 1. The Kier molecular flexibility index (Phi) is 9.19. The second-order valence-corrected chi connectivity index (χ2v) is 11.8. The van der Waals surface area contributed by atoms with Crippen LogP contribution in [0.1, 0.15) is 74.2 Å². The summed E-state index contributed by atoms with van der Waals surface area (Å²) in [6, 6.07) is 7.49. The molecule has 2 N–H and O–H groups in total. The number of fused-ring (bicyclic) bond motifs is 1. The zero-order chi connectivity index (χ0) is 24.7. The van der Waals surface area contributed by atoms with Gasteiger partial charge < -0.3 is 15.4 Å². The van der Waals surface area contributed by atoms with Gasteiger partial charge in [-0.1, -0.05) is 33.3 Å². The normalized spacial score (nSPS) is 13.5. The van der Waals surface area contributed by atoms with Crippen LogP contribution in [0.25, 0.3) is 0 Å². The molecule has 184 valence electrons. The Morgan fingerprint density at radius 1 is 1.06 bits per heavy atom. The number of hydrogen-bond acceptors (Lipinski definition) is 6. The molecule has 1 aromatic heterocycles. The first-order valence-electron chi connectivity index (χ1n) is 11.8. The van der Waals surface area contributed by atoms with Crippen molar-refractivity contribution in [3.8, 4) is 0 Å². The molecule has 1 aliphatic rings. The van der Waals surface area contributed by atoms with E-state index in [2.05, 4.69) is 10.6 Å². The van der Waals surface area contributed by atoms with Gasteiger partial charge in [0.15, 0.2) is 0 Å². The molecule has 0 aliphatic heterocycles. The van der Waals surface area contributed by atoms with Gasteiger partial charge >= 0.3 is 5.97 Å². The second-order valence-electron chi connectivity index (χ2n) is 9.64. The van der Waals surface area contributed by atoms with Crippen molar-refractivity contribution in [3.63, 3.8) is 0 Å². The zero-order valence-corrected chi connectivity index (χ0v) is 22.0. The number of amides is 2. The Morgan fingerprint density at radius 3 is 2.56 bits per heavy atom. The molecule has 34 heavy (non-hydrogen) atoms. The fraction of sp³-hybridized carbons (Fsp3) is 0.500. The molecule has 0 radical (unpaired) electrons. The third-order valence-corrected chi connectivity index (χ3v) is 7.53. The molecule has 1 aliphatic carbocycles. The van der Waals surface area contributed by atoms with Gasteiger partial charge in [0.1, 0.15) is 5.00 Å². The summed E-state index contributed by atoms with van der Waals surface area (Å²) in [5, 5.41) is 6.48. The first kappa shape index (κ1) is 26.3. The number of hydrogen-bond donors (Lipinski definition) is 2. The van der Waals surface area contributed by atoms with Crippen molar-refractivity contribution >= 4 is 51.6 Å². The molecule has 0 saturated heterocycles. The molecule has 0 spiro atoms. The predicted molar refractivity (Wildman–Crippen MR) is 140 cm³/mol. The van der Waals surface area contributed by atoms with Crippen LogP contribution in [-0.4, -0.2) is 30.1 Å². The molecule has 1 heterocycles. The predicted octanol–water partition coefficient (Wildman–Crippen LogP) is 6.30. The molecule has 3 rings (SSSR count). The summed E-state index contributed by atoms with van der Waals surface area (Å²) in [5.74, 6) is -0.362. The second kappa shape index (κ2) is 11.9. The number of rotatable bonds is 8. The fourth-order valence-corrected chi connectivity index (χ4v) is 5.96. The van der Waals surface area contributed by atoms with Gasteiger partial charge in [-0.3, -0.25) is 9.59 Å². The van der Waals surface area contributed by atoms with E-state index in [4.69, 9.17) is 4.74 Å². The minimum Gasteiger partial charge on any atom is -0.462 e. The van der Waals surface area contributed by atoms with Crippen LogP contribution in [0, 0.1) is 5.41 Å². The van der Waals surface area contributed by atoms with Crippen LogP contribution in [0.15, 0.2) is 29.2 Å². The van der Waals surface area contributed by atoms with Gasteiger partial charge in [-0.05, 0) is 61.8 Å². The number of nitrogens with one attached hydrogen (secondary N) is 2. The lowest BCUT2D eigenvalue weighted by Gasteiger charge is -2.17. The summed E-state index contributed by atoms with van der Waals surface area (Å²) in [5.41, 5.74) is 2.20. The van der Waals surface area contributed by atoms with Crippen LogP contribution in [0.2, 0.25) is 0 Å². The highest BCUT2D eigenvalue weighted by atomic mass is 32.2. The number of benzene rings is 1. The van der Waals surface area contributed by atoms with Crippen LogP contribution in [0.3, 0.4) is 0 Å². The Labute approximate surface area is 210 Å². The van der Waals surface area contributed by atoms with Gasteiger partial charge in [-0.25, -0.2) is 4.79 Å². The SMILES string of the molecule is CCOC(=O)c1c(NC(=O)CSc2cccc(NC(=O)CC(C)(C)C)c2)sc2c1CCCCC2. The molecule has 1 aromatic carbocycles. The average molecular weight is 503 g/mol. The molecule has 0 unspecified atom stereocenters. The zero-order valence-electron chi connectivity index (χ0n) is 20.4. The van der Waals surface area contributed by atoms with Crippen molar-refractivity contribution in [3.05, 3.63) is 40.3 Å². The van der Waals surface area contributed by atoms with Crippen LogP contribution in [0.4, 0.5) is 10.7 Å². The Balaban J connectivity index is 1.64. The van der Waals surface area contributed by atoms with Crippen LogP contribution >= 0.6 is 23.1 Å². The number of anilines is 2. The molecular formula is C26H34N2O4S2. The minimum absolute atomic E-state index is 0.0312. The molecule has 0 atom stereocenters. The van der Waals surface area contributed by atoms with Gasteiger partial charge in [0.25, 0.3) is 0 Å². The number of carbonyl (C=O) groups is 3. The molecule has 0 bridgehead atoms. The number of thioether (sulfide) groups is 1. The lowest BCUT2D eigenvalue weighted by Crippen LogP contribution is -2.19. The molecule has 2 aromatic rings. The summed E-state index contributed by atoms with van der Waals surface area (Å²) in [6.45, 7) is 8.16. The maximum Gasteiger partial charge on any atom is 0.341 e. The summed E-state index contributed by atoms with van der Waals surface area (Å²) in [4.78, 5) is 39.7. The molecular weight excluding hydrogens is 468 g/mol. The highest BCUT2D eigenvalue weighted by Crippen LogP contribution is 2.38. The minimum atomic E-state index is -0.358. The highest BCUT2D eigenvalue weighted by molar-refractivity contribution is 8.00. The largest absolute Gasteiger partial charge is 0.462 e. The maximum atomic E-state index is 12.8. The van der Waals surface area contributed by atoms with Gasteiger partial charge in [0.2, 0.25) is 11.8 Å². The quantitative estimate of drug-likeness (QED) is 0.251. The molecule has 6 nitrogen and oxygen atoms in total. The fourth-order valence-electron chi connectivity index (χ4n) is 3.91. The Morgan fingerprint density at radius 2 is 1.82 bits per heavy atom. The maximum absolute atomic E-state index is 12.8. The summed E-state index contributed by atoms with van der Waals surface area (Å²) in [7, 11) is 0. The molecule has 0 saturated carbocycles. The van der Waals surface area contributed by atoms with Crippen molar-refractivity contribution in [2.24, 2.45) is 5.41 Å². The molecule has 8 heteroatoms. The average Bonchev–Trinajstić information content (AvgIpc) is 2.91.